The third-order valence-corrected chi connectivity index (χ3v) is 10.1. The molecule has 5 aromatic rings. The molecule has 0 saturated carbocycles. The van der Waals surface area contributed by atoms with Gasteiger partial charge in [-0.2, -0.15) is 0 Å². The summed E-state index contributed by atoms with van der Waals surface area (Å²) in [7, 11) is 0. The number of fused-ring (bicyclic) bond motifs is 3. The molecule has 9 rings (SSSR count). The Morgan fingerprint density at radius 1 is 0.660 bits per heavy atom. The van der Waals surface area contributed by atoms with E-state index in [0.717, 1.165) is 45.6 Å². The van der Waals surface area contributed by atoms with Crippen LogP contribution in [0.25, 0.3) is 0 Å². The number of aliphatic hydroxyl groups is 1. The minimum absolute atomic E-state index is 0.264. The van der Waals surface area contributed by atoms with Crippen molar-refractivity contribution >= 4 is 11.6 Å². The topological polar surface area (TPSA) is 75.6 Å². The van der Waals surface area contributed by atoms with E-state index >= 15 is 0 Å². The SMILES string of the molecule is OCC12OC(c3ccc(Cl)c(Cc4ccc5c(c4)CCO5)c3)(O1)C(OCc1ccccc1)C(OCc1ccccc1)C2OCc1ccccc1. The molecule has 4 aliphatic heterocycles. The lowest BCUT2D eigenvalue weighted by atomic mass is 9.80. The second-order valence-electron chi connectivity index (χ2n) is 13.1. The van der Waals surface area contributed by atoms with Gasteiger partial charge in [-0.15, -0.1) is 0 Å². The molecule has 7 nitrogen and oxygen atoms in total. The quantitative estimate of drug-likeness (QED) is 0.137. The monoisotopic (exact) mass is 690 g/mol. The summed E-state index contributed by atoms with van der Waals surface area (Å²) < 4.78 is 39.5. The van der Waals surface area contributed by atoms with Crippen LogP contribution < -0.4 is 4.74 Å². The zero-order valence-electron chi connectivity index (χ0n) is 27.6. The van der Waals surface area contributed by atoms with Gasteiger partial charge >= 0.3 is 0 Å². The van der Waals surface area contributed by atoms with Gasteiger partial charge in [0, 0.05) is 17.0 Å². The summed E-state index contributed by atoms with van der Waals surface area (Å²) in [5.74, 6) is -1.95. The van der Waals surface area contributed by atoms with Crippen molar-refractivity contribution in [2.45, 2.75) is 62.5 Å². The van der Waals surface area contributed by atoms with Gasteiger partial charge in [-0.25, -0.2) is 0 Å². The Hall–Kier alpha value is -4.05. The third-order valence-electron chi connectivity index (χ3n) is 9.70. The van der Waals surface area contributed by atoms with E-state index in [1.807, 2.05) is 115 Å². The number of rotatable bonds is 13. The normalized spacial score (nSPS) is 25.0. The summed E-state index contributed by atoms with van der Waals surface area (Å²) in [6.45, 7) is 1.10. The molecule has 3 atom stereocenters. The molecule has 0 radical (unpaired) electrons. The first-order valence-electron chi connectivity index (χ1n) is 17.1. The highest BCUT2D eigenvalue weighted by atomic mass is 35.5. The Morgan fingerprint density at radius 2 is 1.26 bits per heavy atom. The van der Waals surface area contributed by atoms with Crippen LogP contribution in [-0.2, 0) is 62.1 Å². The highest BCUT2D eigenvalue weighted by Crippen LogP contribution is 2.58. The van der Waals surface area contributed by atoms with E-state index in [9.17, 15) is 5.11 Å². The van der Waals surface area contributed by atoms with Crippen molar-refractivity contribution in [1.82, 2.24) is 0 Å². The van der Waals surface area contributed by atoms with Crippen molar-refractivity contribution in [2.75, 3.05) is 13.2 Å². The van der Waals surface area contributed by atoms with Crippen LogP contribution in [0.2, 0.25) is 5.02 Å². The maximum atomic E-state index is 10.9. The van der Waals surface area contributed by atoms with Crippen LogP contribution in [0.5, 0.6) is 5.75 Å². The molecule has 256 valence electrons. The van der Waals surface area contributed by atoms with Crippen molar-refractivity contribution in [2.24, 2.45) is 0 Å². The third kappa shape index (κ3) is 6.47. The second kappa shape index (κ2) is 14.3. The summed E-state index contributed by atoms with van der Waals surface area (Å²) in [6, 6.07) is 41.9. The Labute approximate surface area is 297 Å². The predicted molar refractivity (Wildman–Crippen MR) is 189 cm³/mol. The van der Waals surface area contributed by atoms with E-state index in [1.54, 1.807) is 0 Å². The number of hydrogen-bond acceptors (Lipinski definition) is 7. The number of halogens is 1. The summed E-state index contributed by atoms with van der Waals surface area (Å²) in [6.07, 6.45) is -0.795. The van der Waals surface area contributed by atoms with Crippen molar-refractivity contribution in [3.63, 3.8) is 0 Å². The van der Waals surface area contributed by atoms with E-state index < -0.39 is 36.5 Å². The smallest absolute Gasteiger partial charge is 0.230 e. The standard InChI is InChI=1S/C42H39ClO7/c43-36-18-17-35(24-34(36)23-32-16-19-37-33(22-32)20-21-45-37)42-40(48-27-31-14-8-3-9-15-31)38(46-25-29-10-4-1-5-11-29)39(41(28-44,49-42)50-42)47-26-30-12-6-2-7-13-30/h1-19,22,24,38-40,44H,20-21,23,25-28H2. The molecular formula is C42H39ClO7. The van der Waals surface area contributed by atoms with Gasteiger partial charge in [-0.05, 0) is 58.0 Å². The van der Waals surface area contributed by atoms with Gasteiger partial charge in [0.1, 0.15) is 30.7 Å². The first-order valence-corrected chi connectivity index (χ1v) is 17.4. The van der Waals surface area contributed by atoms with Crippen LogP contribution in [0.15, 0.2) is 127 Å². The van der Waals surface area contributed by atoms with Crippen molar-refractivity contribution < 1.29 is 33.5 Å². The number of aliphatic hydroxyl groups excluding tert-OH is 1. The fourth-order valence-corrected chi connectivity index (χ4v) is 7.38. The Balaban J connectivity index is 1.17. The highest BCUT2D eigenvalue weighted by Gasteiger charge is 2.75. The summed E-state index contributed by atoms with van der Waals surface area (Å²) in [5, 5.41) is 11.6. The van der Waals surface area contributed by atoms with E-state index in [-0.39, 0.29) is 13.2 Å². The summed E-state index contributed by atoms with van der Waals surface area (Å²) >= 11 is 6.84. The molecular weight excluding hydrogens is 652 g/mol. The molecule has 50 heavy (non-hydrogen) atoms. The zero-order chi connectivity index (χ0) is 34.0. The number of hydrogen-bond donors (Lipinski definition) is 1. The average molecular weight is 691 g/mol. The first-order chi connectivity index (χ1) is 24.5. The van der Waals surface area contributed by atoms with E-state index in [0.29, 0.717) is 24.7 Å². The molecule has 2 bridgehead atoms. The van der Waals surface area contributed by atoms with Crippen molar-refractivity contribution in [1.29, 1.82) is 0 Å². The fourth-order valence-electron chi connectivity index (χ4n) is 7.20. The Morgan fingerprint density at radius 3 is 1.88 bits per heavy atom. The van der Waals surface area contributed by atoms with E-state index in [4.69, 9.17) is 40.0 Å². The van der Waals surface area contributed by atoms with Gasteiger partial charge in [0.05, 0.1) is 26.4 Å². The van der Waals surface area contributed by atoms with Gasteiger partial charge in [0.15, 0.2) is 0 Å². The molecule has 3 unspecified atom stereocenters. The lowest BCUT2D eigenvalue weighted by Crippen LogP contribution is -2.82. The Kier molecular flexibility index (Phi) is 9.46. The van der Waals surface area contributed by atoms with E-state index in [2.05, 4.69) is 12.1 Å². The molecule has 3 saturated heterocycles. The lowest BCUT2D eigenvalue weighted by molar-refractivity contribution is -0.597. The molecule has 0 aromatic heterocycles. The number of benzene rings is 5. The van der Waals surface area contributed by atoms with Crippen LogP contribution in [0.1, 0.15) is 38.9 Å². The van der Waals surface area contributed by atoms with Crippen LogP contribution >= 0.6 is 11.6 Å². The molecule has 4 heterocycles. The lowest BCUT2D eigenvalue weighted by Gasteiger charge is -2.66. The average Bonchev–Trinajstić information content (AvgIpc) is 3.62. The molecule has 8 heteroatoms. The minimum atomic E-state index is -1.48. The van der Waals surface area contributed by atoms with Crippen molar-refractivity contribution in [3.05, 3.63) is 171 Å². The van der Waals surface area contributed by atoms with E-state index in [1.165, 1.54) is 5.56 Å². The molecule has 4 aliphatic rings. The van der Waals surface area contributed by atoms with Crippen LogP contribution in [0, 0.1) is 0 Å². The molecule has 0 amide bonds. The molecule has 3 fully saturated rings. The fraction of sp³-hybridized carbons (Fsp3) is 0.286. The summed E-state index contributed by atoms with van der Waals surface area (Å²) in [5.41, 5.74) is 6.93. The van der Waals surface area contributed by atoms with Crippen LogP contribution in [0.4, 0.5) is 0 Å². The minimum Gasteiger partial charge on any atom is -0.493 e. The van der Waals surface area contributed by atoms with Gasteiger partial charge in [0.2, 0.25) is 11.6 Å². The highest BCUT2D eigenvalue weighted by molar-refractivity contribution is 6.31. The van der Waals surface area contributed by atoms with Crippen molar-refractivity contribution in [3.8, 4) is 5.75 Å². The molecule has 1 N–H and O–H groups in total. The van der Waals surface area contributed by atoms with Gasteiger partial charge in [-0.1, -0.05) is 121 Å². The van der Waals surface area contributed by atoms with Crippen LogP contribution in [0.3, 0.4) is 0 Å². The number of ether oxygens (including phenoxy) is 6. The maximum Gasteiger partial charge on any atom is 0.230 e. The molecule has 0 spiro atoms. The Bertz CT molecular complexity index is 1900. The van der Waals surface area contributed by atoms with Gasteiger partial charge in [-0.3, -0.25) is 0 Å². The second-order valence-corrected chi connectivity index (χ2v) is 13.5. The van der Waals surface area contributed by atoms with Gasteiger partial charge in [0.25, 0.3) is 0 Å². The van der Waals surface area contributed by atoms with Gasteiger partial charge < -0.3 is 33.5 Å². The molecule has 0 aliphatic carbocycles. The maximum absolute atomic E-state index is 10.9. The first kappa shape index (κ1) is 33.1. The largest absolute Gasteiger partial charge is 0.493 e. The van der Waals surface area contributed by atoms with Crippen LogP contribution in [-0.4, -0.2) is 42.4 Å². The molecule has 5 aromatic carbocycles. The zero-order valence-corrected chi connectivity index (χ0v) is 28.3. The summed E-state index contributed by atoms with van der Waals surface area (Å²) in [4.78, 5) is 0. The predicted octanol–water partition coefficient (Wildman–Crippen LogP) is 7.52.